The van der Waals surface area contributed by atoms with Gasteiger partial charge in [-0.25, -0.2) is 0 Å². The van der Waals surface area contributed by atoms with E-state index in [4.69, 9.17) is 11.1 Å². The normalized spacial score (nSPS) is 10.7. The number of amidine groups is 1. The van der Waals surface area contributed by atoms with Crippen LogP contribution in [0.15, 0.2) is 15.2 Å². The summed E-state index contributed by atoms with van der Waals surface area (Å²) in [7, 11) is 3.85. The van der Waals surface area contributed by atoms with Gasteiger partial charge in [-0.15, -0.1) is 11.3 Å². The van der Waals surface area contributed by atoms with E-state index in [1.54, 1.807) is 16.0 Å². The van der Waals surface area contributed by atoms with Crippen LogP contribution in [0.4, 0.5) is 5.82 Å². The predicted molar refractivity (Wildman–Crippen MR) is 83.1 cm³/mol. The fraction of sp³-hybridized carbons (Fsp3) is 0.333. The maximum atomic E-state index is 7.70. The van der Waals surface area contributed by atoms with Crippen molar-refractivity contribution in [2.45, 2.75) is 13.5 Å². The number of anilines is 1. The number of nitrogen functional groups attached to an aromatic ring is 1. The highest BCUT2D eigenvalue weighted by atomic mass is 79.9. The van der Waals surface area contributed by atoms with Crippen molar-refractivity contribution in [3.05, 3.63) is 32.1 Å². The molecule has 0 aromatic carbocycles. The molecule has 0 aliphatic heterocycles. The molecule has 7 heteroatoms. The molecule has 0 atom stereocenters. The van der Waals surface area contributed by atoms with Gasteiger partial charge in [-0.05, 0) is 39.9 Å². The van der Waals surface area contributed by atoms with Crippen molar-refractivity contribution < 1.29 is 0 Å². The van der Waals surface area contributed by atoms with Crippen molar-refractivity contribution in [2.24, 2.45) is 12.8 Å². The molecule has 0 saturated heterocycles. The summed E-state index contributed by atoms with van der Waals surface area (Å²) in [5.74, 6) is 0.922. The lowest BCUT2D eigenvalue weighted by atomic mass is 10.2. The predicted octanol–water partition coefficient (Wildman–Crippen LogP) is 2.47. The number of aromatic nitrogens is 2. The molecule has 0 aliphatic rings. The van der Waals surface area contributed by atoms with Crippen LogP contribution in [-0.4, -0.2) is 22.7 Å². The molecule has 0 saturated carbocycles. The molecule has 0 aliphatic carbocycles. The molecule has 0 radical (unpaired) electrons. The standard InChI is InChI=1S/C12H16BrN5S/c1-7-10(11(14)15)12(18(3)16-7)17(2)5-8-4-9(13)19-6-8/h4,6H,5H2,1-3H3,(H3,14,15). The van der Waals surface area contributed by atoms with Crippen molar-refractivity contribution in [1.29, 1.82) is 5.41 Å². The van der Waals surface area contributed by atoms with Crippen LogP contribution in [0.5, 0.6) is 0 Å². The fourth-order valence-electron chi connectivity index (χ4n) is 2.18. The van der Waals surface area contributed by atoms with Crippen LogP contribution in [0.25, 0.3) is 0 Å². The fourth-order valence-corrected chi connectivity index (χ4v) is 3.38. The van der Waals surface area contributed by atoms with Crippen molar-refractivity contribution in [3.8, 4) is 0 Å². The van der Waals surface area contributed by atoms with Gasteiger partial charge in [-0.3, -0.25) is 10.1 Å². The second kappa shape index (κ2) is 5.34. The van der Waals surface area contributed by atoms with Crippen LogP contribution in [0.2, 0.25) is 0 Å². The highest BCUT2D eigenvalue weighted by Gasteiger charge is 2.19. The SMILES string of the molecule is Cc1nn(C)c(N(C)Cc2csc(Br)c2)c1C(=N)N. The van der Waals surface area contributed by atoms with Gasteiger partial charge in [-0.1, -0.05) is 0 Å². The molecule has 3 N–H and O–H groups in total. The van der Waals surface area contributed by atoms with Crippen LogP contribution in [-0.2, 0) is 13.6 Å². The summed E-state index contributed by atoms with van der Waals surface area (Å²) in [6.07, 6.45) is 0. The summed E-state index contributed by atoms with van der Waals surface area (Å²) in [6, 6.07) is 2.10. The average molecular weight is 342 g/mol. The highest BCUT2D eigenvalue weighted by molar-refractivity contribution is 9.11. The molecule has 2 aromatic rings. The van der Waals surface area contributed by atoms with Gasteiger partial charge in [0.25, 0.3) is 0 Å². The van der Waals surface area contributed by atoms with E-state index in [9.17, 15) is 0 Å². The van der Waals surface area contributed by atoms with Crippen LogP contribution in [0, 0.1) is 12.3 Å². The van der Waals surface area contributed by atoms with Gasteiger partial charge < -0.3 is 10.6 Å². The smallest absolute Gasteiger partial charge is 0.137 e. The van der Waals surface area contributed by atoms with Gasteiger partial charge in [0.05, 0.1) is 15.0 Å². The summed E-state index contributed by atoms with van der Waals surface area (Å²) in [5.41, 5.74) is 8.37. The van der Waals surface area contributed by atoms with E-state index in [-0.39, 0.29) is 5.84 Å². The number of nitrogens with zero attached hydrogens (tertiary/aromatic N) is 3. The number of thiophene rings is 1. The summed E-state index contributed by atoms with van der Waals surface area (Å²) < 4.78 is 2.89. The van der Waals surface area contributed by atoms with Gasteiger partial charge in [-0.2, -0.15) is 5.10 Å². The van der Waals surface area contributed by atoms with E-state index in [0.717, 1.165) is 21.8 Å². The highest BCUT2D eigenvalue weighted by Crippen LogP contribution is 2.26. The van der Waals surface area contributed by atoms with Crippen molar-refractivity contribution in [2.75, 3.05) is 11.9 Å². The van der Waals surface area contributed by atoms with Gasteiger partial charge >= 0.3 is 0 Å². The molecule has 102 valence electrons. The third-order valence-electron chi connectivity index (χ3n) is 2.86. The first-order chi connectivity index (χ1) is 8.90. The quantitative estimate of drug-likeness (QED) is 0.662. The zero-order valence-electron chi connectivity index (χ0n) is 11.1. The molecule has 2 aromatic heterocycles. The van der Waals surface area contributed by atoms with Crippen molar-refractivity contribution >= 4 is 38.9 Å². The number of rotatable bonds is 4. The molecule has 0 spiro atoms. The Balaban J connectivity index is 2.33. The maximum absolute atomic E-state index is 7.70. The van der Waals surface area contributed by atoms with E-state index >= 15 is 0 Å². The Morgan fingerprint density at radius 2 is 2.32 bits per heavy atom. The van der Waals surface area contributed by atoms with Gasteiger partial charge in [0.1, 0.15) is 11.7 Å². The maximum Gasteiger partial charge on any atom is 0.137 e. The Bertz CT molecular complexity index is 616. The van der Waals surface area contributed by atoms with Crippen molar-refractivity contribution in [3.63, 3.8) is 0 Å². The molecule has 0 bridgehead atoms. The van der Waals surface area contributed by atoms with Crippen LogP contribution in [0.3, 0.4) is 0 Å². The minimum absolute atomic E-state index is 0.0546. The Labute approximate surface area is 124 Å². The number of halogens is 1. The third kappa shape index (κ3) is 2.82. The number of nitrogens with two attached hydrogens (primary N) is 1. The Hall–Kier alpha value is -1.34. The zero-order chi connectivity index (χ0) is 14.2. The molecule has 5 nitrogen and oxygen atoms in total. The molecule has 0 fully saturated rings. The number of nitrogens with one attached hydrogen (secondary N) is 1. The average Bonchev–Trinajstić information content (AvgIpc) is 2.82. The Kier molecular flexibility index (Phi) is 3.96. The molecule has 0 amide bonds. The van der Waals surface area contributed by atoms with Crippen LogP contribution >= 0.6 is 27.3 Å². The van der Waals surface area contributed by atoms with E-state index in [2.05, 4.69) is 37.4 Å². The van der Waals surface area contributed by atoms with E-state index in [1.165, 1.54) is 5.56 Å². The summed E-state index contributed by atoms with van der Waals surface area (Å²) in [4.78, 5) is 2.06. The molecular formula is C12H16BrN5S. The Morgan fingerprint density at radius 1 is 1.63 bits per heavy atom. The number of aryl methyl sites for hydroxylation is 2. The number of hydrogen-bond donors (Lipinski definition) is 2. The number of hydrogen-bond acceptors (Lipinski definition) is 4. The van der Waals surface area contributed by atoms with Gasteiger partial charge in [0.15, 0.2) is 0 Å². The summed E-state index contributed by atoms with van der Waals surface area (Å²) in [6.45, 7) is 2.62. The molecular weight excluding hydrogens is 326 g/mol. The molecule has 19 heavy (non-hydrogen) atoms. The Morgan fingerprint density at radius 3 is 2.84 bits per heavy atom. The second-order valence-electron chi connectivity index (χ2n) is 4.44. The lowest BCUT2D eigenvalue weighted by Crippen LogP contribution is -2.23. The van der Waals surface area contributed by atoms with Crippen molar-refractivity contribution in [1.82, 2.24) is 9.78 Å². The minimum atomic E-state index is 0.0546. The first-order valence-corrected chi connectivity index (χ1v) is 7.39. The topological polar surface area (TPSA) is 70.9 Å². The van der Waals surface area contributed by atoms with Gasteiger partial charge in [0, 0.05) is 20.6 Å². The van der Waals surface area contributed by atoms with Crippen LogP contribution < -0.4 is 10.6 Å². The lowest BCUT2D eigenvalue weighted by molar-refractivity contribution is 0.727. The summed E-state index contributed by atoms with van der Waals surface area (Å²) in [5, 5.41) is 14.2. The lowest BCUT2D eigenvalue weighted by Gasteiger charge is -2.20. The molecule has 0 unspecified atom stereocenters. The third-order valence-corrected chi connectivity index (χ3v) is 4.42. The monoisotopic (exact) mass is 341 g/mol. The summed E-state index contributed by atoms with van der Waals surface area (Å²) >= 11 is 5.13. The van der Waals surface area contributed by atoms with Crippen LogP contribution in [0.1, 0.15) is 16.8 Å². The first kappa shape index (κ1) is 14.1. The molecule has 2 rings (SSSR count). The zero-order valence-corrected chi connectivity index (χ0v) is 13.5. The van der Waals surface area contributed by atoms with E-state index in [1.807, 2.05) is 21.0 Å². The van der Waals surface area contributed by atoms with Gasteiger partial charge in [0.2, 0.25) is 0 Å². The molecule has 2 heterocycles. The second-order valence-corrected chi connectivity index (χ2v) is 6.73. The largest absolute Gasteiger partial charge is 0.384 e. The van der Waals surface area contributed by atoms with E-state index in [0.29, 0.717) is 5.56 Å². The first-order valence-electron chi connectivity index (χ1n) is 5.72. The minimum Gasteiger partial charge on any atom is -0.384 e. The van der Waals surface area contributed by atoms with E-state index < -0.39 is 0 Å².